The largest absolute Gasteiger partial charge is 0.462 e. The van der Waals surface area contributed by atoms with E-state index in [1.54, 1.807) is 0 Å². The molecule has 0 aromatic carbocycles. The maximum absolute atomic E-state index is 11.2. The predicted octanol–water partition coefficient (Wildman–Crippen LogP) is 1.47. The number of rotatable bonds is 4. The Kier molecular flexibility index (Phi) is 4.83. The molecular formula is C10H19NO2. The number of piperidine rings is 1. The molecule has 0 aliphatic carbocycles. The molecule has 1 aliphatic heterocycles. The van der Waals surface area contributed by atoms with E-state index in [0.717, 1.165) is 38.8 Å². The molecule has 1 fully saturated rings. The number of hydrogen-bond donors (Lipinski definition) is 1. The molecule has 0 atom stereocenters. The van der Waals surface area contributed by atoms with Crippen molar-refractivity contribution in [2.75, 3.05) is 13.1 Å². The molecule has 0 unspecified atom stereocenters. The molecule has 13 heavy (non-hydrogen) atoms. The summed E-state index contributed by atoms with van der Waals surface area (Å²) in [7, 11) is 0. The molecule has 1 saturated heterocycles. The van der Waals surface area contributed by atoms with Crippen LogP contribution in [-0.4, -0.2) is 25.2 Å². The van der Waals surface area contributed by atoms with Gasteiger partial charge in [-0.1, -0.05) is 13.3 Å². The zero-order valence-electron chi connectivity index (χ0n) is 8.34. The second-order valence-corrected chi connectivity index (χ2v) is 3.54. The smallest absolute Gasteiger partial charge is 0.306 e. The van der Waals surface area contributed by atoms with Gasteiger partial charge in [0.25, 0.3) is 0 Å². The lowest BCUT2D eigenvalue weighted by molar-refractivity contribution is -0.150. The summed E-state index contributed by atoms with van der Waals surface area (Å²) in [6.07, 6.45) is 4.70. The molecule has 0 radical (unpaired) electrons. The lowest BCUT2D eigenvalue weighted by Gasteiger charge is -2.22. The first kappa shape index (κ1) is 10.5. The number of hydrogen-bond acceptors (Lipinski definition) is 3. The molecule has 1 N–H and O–H groups in total. The summed E-state index contributed by atoms with van der Waals surface area (Å²) in [6.45, 7) is 4.04. The first-order valence-corrected chi connectivity index (χ1v) is 5.23. The van der Waals surface area contributed by atoms with Crippen molar-refractivity contribution < 1.29 is 9.53 Å². The van der Waals surface area contributed by atoms with Crippen LogP contribution in [0.3, 0.4) is 0 Å². The molecule has 76 valence electrons. The fourth-order valence-corrected chi connectivity index (χ4v) is 1.48. The molecule has 1 heterocycles. The maximum atomic E-state index is 11.2. The van der Waals surface area contributed by atoms with Crippen molar-refractivity contribution in [2.45, 2.75) is 45.1 Å². The second-order valence-electron chi connectivity index (χ2n) is 3.54. The highest BCUT2D eigenvalue weighted by Gasteiger charge is 2.16. The van der Waals surface area contributed by atoms with Crippen LogP contribution in [-0.2, 0) is 9.53 Å². The van der Waals surface area contributed by atoms with Crippen LogP contribution in [0.4, 0.5) is 0 Å². The lowest BCUT2D eigenvalue weighted by Crippen LogP contribution is -2.33. The first-order valence-electron chi connectivity index (χ1n) is 5.23. The molecule has 3 nitrogen and oxygen atoms in total. The SMILES string of the molecule is CCCCC(=O)OC1CCNCC1. The van der Waals surface area contributed by atoms with E-state index < -0.39 is 0 Å². The van der Waals surface area contributed by atoms with Gasteiger partial charge in [-0.15, -0.1) is 0 Å². The topological polar surface area (TPSA) is 38.3 Å². The monoisotopic (exact) mass is 185 g/mol. The van der Waals surface area contributed by atoms with Crippen molar-refractivity contribution in [1.82, 2.24) is 5.32 Å². The predicted molar refractivity (Wildman–Crippen MR) is 51.5 cm³/mol. The quantitative estimate of drug-likeness (QED) is 0.674. The van der Waals surface area contributed by atoms with Gasteiger partial charge in [-0.25, -0.2) is 0 Å². The Labute approximate surface area is 79.8 Å². The van der Waals surface area contributed by atoms with Crippen molar-refractivity contribution in [3.05, 3.63) is 0 Å². The maximum Gasteiger partial charge on any atom is 0.306 e. The number of carbonyl (C=O) groups is 1. The van der Waals surface area contributed by atoms with E-state index in [4.69, 9.17) is 4.74 Å². The fraction of sp³-hybridized carbons (Fsp3) is 0.900. The van der Waals surface area contributed by atoms with Crippen LogP contribution in [0, 0.1) is 0 Å². The zero-order valence-corrected chi connectivity index (χ0v) is 8.34. The van der Waals surface area contributed by atoms with Crippen molar-refractivity contribution in [3.63, 3.8) is 0 Å². The minimum absolute atomic E-state index is 0.0197. The summed E-state index contributed by atoms with van der Waals surface area (Å²) < 4.78 is 5.31. The van der Waals surface area contributed by atoms with Crippen LogP contribution >= 0.6 is 0 Å². The Hall–Kier alpha value is -0.570. The van der Waals surface area contributed by atoms with Gasteiger partial charge in [-0.2, -0.15) is 0 Å². The third kappa shape index (κ3) is 4.27. The highest BCUT2D eigenvalue weighted by atomic mass is 16.5. The van der Waals surface area contributed by atoms with Crippen LogP contribution in [0.25, 0.3) is 0 Å². The summed E-state index contributed by atoms with van der Waals surface area (Å²) in [5.41, 5.74) is 0. The van der Waals surface area contributed by atoms with Gasteiger partial charge in [0.15, 0.2) is 0 Å². The molecule has 0 saturated carbocycles. The standard InChI is InChI=1S/C10H19NO2/c1-2-3-4-10(12)13-9-5-7-11-8-6-9/h9,11H,2-8H2,1H3. The number of carbonyl (C=O) groups excluding carboxylic acids is 1. The van der Waals surface area contributed by atoms with Gasteiger partial charge in [0.2, 0.25) is 0 Å². The van der Waals surface area contributed by atoms with Crippen LogP contribution in [0.1, 0.15) is 39.0 Å². The Morgan fingerprint density at radius 2 is 2.15 bits per heavy atom. The molecule has 3 heteroatoms. The summed E-state index contributed by atoms with van der Waals surface area (Å²) in [5.74, 6) is -0.0197. The van der Waals surface area contributed by atoms with E-state index in [2.05, 4.69) is 12.2 Å². The van der Waals surface area contributed by atoms with E-state index in [1.807, 2.05) is 0 Å². The Bertz CT molecular complexity index is 153. The molecule has 0 bridgehead atoms. The molecule has 0 amide bonds. The Morgan fingerprint density at radius 3 is 2.77 bits per heavy atom. The van der Waals surface area contributed by atoms with Crippen molar-refractivity contribution in [2.24, 2.45) is 0 Å². The molecular weight excluding hydrogens is 166 g/mol. The van der Waals surface area contributed by atoms with Gasteiger partial charge in [-0.05, 0) is 32.4 Å². The number of unbranched alkanes of at least 4 members (excludes halogenated alkanes) is 1. The van der Waals surface area contributed by atoms with Gasteiger partial charge in [-0.3, -0.25) is 4.79 Å². The van der Waals surface area contributed by atoms with Crippen LogP contribution in [0.2, 0.25) is 0 Å². The van der Waals surface area contributed by atoms with E-state index >= 15 is 0 Å². The summed E-state index contributed by atoms with van der Waals surface area (Å²) in [4.78, 5) is 11.2. The number of esters is 1. The number of ether oxygens (including phenoxy) is 1. The van der Waals surface area contributed by atoms with E-state index in [-0.39, 0.29) is 12.1 Å². The van der Waals surface area contributed by atoms with Crippen molar-refractivity contribution in [3.8, 4) is 0 Å². The molecule has 1 rings (SSSR count). The van der Waals surface area contributed by atoms with E-state index in [0.29, 0.717) is 6.42 Å². The summed E-state index contributed by atoms with van der Waals surface area (Å²) in [6, 6.07) is 0. The van der Waals surface area contributed by atoms with Crippen LogP contribution < -0.4 is 5.32 Å². The minimum Gasteiger partial charge on any atom is -0.462 e. The molecule has 1 aliphatic rings. The molecule has 0 spiro atoms. The number of nitrogens with one attached hydrogen (secondary N) is 1. The normalized spacial score (nSPS) is 18.5. The Morgan fingerprint density at radius 1 is 1.46 bits per heavy atom. The van der Waals surface area contributed by atoms with Gasteiger partial charge < -0.3 is 10.1 Å². The minimum atomic E-state index is -0.0197. The van der Waals surface area contributed by atoms with Gasteiger partial charge in [0.05, 0.1) is 0 Å². The average molecular weight is 185 g/mol. The van der Waals surface area contributed by atoms with Gasteiger partial charge >= 0.3 is 5.97 Å². The Balaban J connectivity index is 2.11. The molecule has 0 aromatic rings. The summed E-state index contributed by atoms with van der Waals surface area (Å²) in [5, 5.41) is 3.24. The average Bonchev–Trinajstić information content (AvgIpc) is 2.16. The highest BCUT2D eigenvalue weighted by Crippen LogP contribution is 2.09. The van der Waals surface area contributed by atoms with Crippen LogP contribution in [0.5, 0.6) is 0 Å². The van der Waals surface area contributed by atoms with E-state index in [9.17, 15) is 4.79 Å². The fourth-order valence-electron chi connectivity index (χ4n) is 1.48. The van der Waals surface area contributed by atoms with Crippen LogP contribution in [0.15, 0.2) is 0 Å². The van der Waals surface area contributed by atoms with Crippen molar-refractivity contribution in [1.29, 1.82) is 0 Å². The molecule has 0 aromatic heterocycles. The third-order valence-corrected chi connectivity index (χ3v) is 2.32. The highest BCUT2D eigenvalue weighted by molar-refractivity contribution is 5.69. The first-order chi connectivity index (χ1) is 6.33. The van der Waals surface area contributed by atoms with Gasteiger partial charge in [0.1, 0.15) is 6.10 Å². The second kappa shape index (κ2) is 5.97. The third-order valence-electron chi connectivity index (χ3n) is 2.32. The summed E-state index contributed by atoms with van der Waals surface area (Å²) >= 11 is 0. The van der Waals surface area contributed by atoms with Crippen molar-refractivity contribution >= 4 is 5.97 Å². The zero-order chi connectivity index (χ0) is 9.52. The lowest BCUT2D eigenvalue weighted by atomic mass is 10.1. The van der Waals surface area contributed by atoms with Gasteiger partial charge in [0, 0.05) is 6.42 Å². The van der Waals surface area contributed by atoms with E-state index in [1.165, 1.54) is 0 Å².